The number of nitrogens with one attached hydrogen (secondary N) is 1. The summed E-state index contributed by atoms with van der Waals surface area (Å²) in [6, 6.07) is 0. The second kappa shape index (κ2) is 5.91. The second-order valence-corrected chi connectivity index (χ2v) is 4.94. The number of anilines is 2. The van der Waals surface area contributed by atoms with Gasteiger partial charge in [0.15, 0.2) is 0 Å². The molecule has 0 atom stereocenters. The largest absolute Gasteiger partial charge is 0.354 e. The first-order valence-corrected chi connectivity index (χ1v) is 7.24. The van der Waals surface area contributed by atoms with Gasteiger partial charge < -0.3 is 10.2 Å². The van der Waals surface area contributed by atoms with Crippen LogP contribution in [-0.4, -0.2) is 43.0 Å². The Bertz CT molecular complexity index is 500. The Morgan fingerprint density at radius 2 is 1.78 bits per heavy atom. The normalized spacial score (nSPS) is 11.3. The van der Waals surface area contributed by atoms with E-state index in [1.807, 2.05) is 25.7 Å². The van der Waals surface area contributed by atoms with Crippen LogP contribution in [0.25, 0.3) is 0 Å². The van der Waals surface area contributed by atoms with Crippen LogP contribution in [0.1, 0.15) is 20.8 Å². The lowest BCUT2D eigenvalue weighted by Crippen LogP contribution is -2.27. The minimum Gasteiger partial charge on any atom is -0.354 e. The van der Waals surface area contributed by atoms with Gasteiger partial charge in [-0.1, -0.05) is 0 Å². The molecular weight excluding hydrogens is 256 g/mol. The van der Waals surface area contributed by atoms with Crippen molar-refractivity contribution in [3.63, 3.8) is 0 Å². The maximum Gasteiger partial charge on any atom is 0.274 e. The third kappa shape index (κ3) is 3.50. The van der Waals surface area contributed by atoms with Gasteiger partial charge in [-0.05, 0) is 20.8 Å². The van der Waals surface area contributed by atoms with E-state index in [1.54, 1.807) is 0 Å². The molecule has 0 saturated heterocycles. The number of rotatable bonds is 6. The molecule has 0 aliphatic rings. The van der Waals surface area contributed by atoms with E-state index < -0.39 is 15.2 Å². The monoisotopic (exact) mass is 274 g/mol. The molecule has 0 aromatic carbocycles. The van der Waals surface area contributed by atoms with Crippen LogP contribution in [0, 0.1) is 0 Å². The Labute approximate surface area is 107 Å². The first kappa shape index (κ1) is 14.6. The van der Waals surface area contributed by atoms with Gasteiger partial charge in [-0.25, -0.2) is 13.6 Å². The highest BCUT2D eigenvalue weighted by Crippen LogP contribution is 2.12. The summed E-state index contributed by atoms with van der Waals surface area (Å²) in [6.07, 6.45) is 0. The Kier molecular flexibility index (Phi) is 4.79. The van der Waals surface area contributed by atoms with Crippen molar-refractivity contribution < 1.29 is 8.42 Å². The molecule has 3 N–H and O–H groups in total. The molecule has 0 amide bonds. The van der Waals surface area contributed by atoms with Crippen LogP contribution in [0.5, 0.6) is 0 Å². The molecule has 0 saturated carbocycles. The van der Waals surface area contributed by atoms with Crippen LogP contribution < -0.4 is 15.4 Å². The first-order chi connectivity index (χ1) is 8.42. The molecule has 0 spiro atoms. The minimum absolute atomic E-state index is 0.207. The van der Waals surface area contributed by atoms with Crippen molar-refractivity contribution in [1.29, 1.82) is 0 Å². The summed E-state index contributed by atoms with van der Waals surface area (Å²) in [7, 11) is -3.94. The molecule has 0 aliphatic carbocycles. The number of aromatic nitrogens is 3. The Hall–Kier alpha value is -1.48. The molecule has 0 fully saturated rings. The van der Waals surface area contributed by atoms with Crippen molar-refractivity contribution in [2.45, 2.75) is 25.9 Å². The van der Waals surface area contributed by atoms with Gasteiger partial charge in [-0.3, -0.25) is 0 Å². The van der Waals surface area contributed by atoms with E-state index in [1.165, 1.54) is 0 Å². The molecule has 8 nitrogen and oxygen atoms in total. The van der Waals surface area contributed by atoms with Gasteiger partial charge in [0.05, 0.1) is 0 Å². The molecule has 0 radical (unpaired) electrons. The van der Waals surface area contributed by atoms with Crippen molar-refractivity contribution in [2.24, 2.45) is 5.14 Å². The SMILES string of the molecule is CCNc1nc(N(CC)CC)nc(S(N)(=O)=O)n1. The van der Waals surface area contributed by atoms with Crippen LogP contribution >= 0.6 is 0 Å². The lowest BCUT2D eigenvalue weighted by atomic mass is 10.5. The third-order valence-electron chi connectivity index (χ3n) is 2.24. The van der Waals surface area contributed by atoms with E-state index in [0.29, 0.717) is 25.6 Å². The predicted molar refractivity (Wildman–Crippen MR) is 68.9 cm³/mol. The summed E-state index contributed by atoms with van der Waals surface area (Å²) < 4.78 is 22.6. The molecule has 18 heavy (non-hydrogen) atoms. The molecular formula is C9H18N6O2S. The number of nitrogens with two attached hydrogens (primary N) is 1. The zero-order chi connectivity index (χ0) is 13.8. The molecule has 0 aliphatic heterocycles. The molecule has 1 heterocycles. The van der Waals surface area contributed by atoms with Gasteiger partial charge >= 0.3 is 0 Å². The highest BCUT2D eigenvalue weighted by atomic mass is 32.2. The fourth-order valence-corrected chi connectivity index (χ4v) is 1.78. The van der Waals surface area contributed by atoms with E-state index in [2.05, 4.69) is 20.3 Å². The summed E-state index contributed by atoms with van der Waals surface area (Å²) in [6.45, 7) is 7.61. The van der Waals surface area contributed by atoms with Crippen molar-refractivity contribution in [3.05, 3.63) is 0 Å². The van der Waals surface area contributed by atoms with E-state index in [0.717, 1.165) is 0 Å². The number of nitrogens with zero attached hydrogens (tertiary/aromatic N) is 4. The zero-order valence-electron chi connectivity index (χ0n) is 10.7. The van der Waals surface area contributed by atoms with Crippen molar-refractivity contribution >= 4 is 21.9 Å². The Balaban J connectivity index is 3.30. The molecule has 1 rings (SSSR count). The van der Waals surface area contributed by atoms with Crippen molar-refractivity contribution in [1.82, 2.24) is 15.0 Å². The van der Waals surface area contributed by atoms with Gasteiger partial charge in [0, 0.05) is 19.6 Å². The maximum atomic E-state index is 11.3. The zero-order valence-corrected chi connectivity index (χ0v) is 11.5. The molecule has 0 bridgehead atoms. The van der Waals surface area contributed by atoms with Crippen molar-refractivity contribution in [3.8, 4) is 0 Å². The van der Waals surface area contributed by atoms with E-state index in [9.17, 15) is 8.42 Å². The van der Waals surface area contributed by atoms with Crippen LogP contribution in [0.15, 0.2) is 5.16 Å². The molecule has 0 unspecified atom stereocenters. The van der Waals surface area contributed by atoms with Gasteiger partial charge in [-0.2, -0.15) is 15.0 Å². The highest BCUT2D eigenvalue weighted by molar-refractivity contribution is 7.89. The Morgan fingerprint density at radius 1 is 1.17 bits per heavy atom. The average Bonchev–Trinajstić information content (AvgIpc) is 2.29. The summed E-state index contributed by atoms with van der Waals surface area (Å²) >= 11 is 0. The average molecular weight is 274 g/mol. The van der Waals surface area contributed by atoms with Crippen LogP contribution in [0.4, 0.5) is 11.9 Å². The first-order valence-electron chi connectivity index (χ1n) is 5.70. The lowest BCUT2D eigenvalue weighted by Gasteiger charge is -2.19. The van der Waals surface area contributed by atoms with E-state index in [4.69, 9.17) is 5.14 Å². The topological polar surface area (TPSA) is 114 Å². The van der Waals surface area contributed by atoms with Crippen LogP contribution in [-0.2, 0) is 10.0 Å². The van der Waals surface area contributed by atoms with Gasteiger partial charge in [0.25, 0.3) is 15.2 Å². The number of hydrogen-bond acceptors (Lipinski definition) is 7. The molecule has 102 valence electrons. The van der Waals surface area contributed by atoms with Gasteiger partial charge in [-0.15, -0.1) is 0 Å². The number of sulfonamides is 1. The smallest absolute Gasteiger partial charge is 0.274 e. The van der Waals surface area contributed by atoms with E-state index in [-0.39, 0.29) is 5.95 Å². The van der Waals surface area contributed by atoms with Gasteiger partial charge in [0.1, 0.15) is 0 Å². The summed E-state index contributed by atoms with van der Waals surface area (Å²) in [4.78, 5) is 13.6. The number of primary sulfonamides is 1. The summed E-state index contributed by atoms with van der Waals surface area (Å²) in [5, 5.41) is 7.48. The minimum atomic E-state index is -3.94. The van der Waals surface area contributed by atoms with Crippen LogP contribution in [0.3, 0.4) is 0 Å². The summed E-state index contributed by atoms with van der Waals surface area (Å²) in [5.41, 5.74) is 0. The fraction of sp³-hybridized carbons (Fsp3) is 0.667. The predicted octanol–water partition coefficient (Wildman–Crippen LogP) is -0.203. The second-order valence-electron chi connectivity index (χ2n) is 3.49. The molecule has 1 aromatic heterocycles. The quantitative estimate of drug-likeness (QED) is 0.738. The summed E-state index contributed by atoms with van der Waals surface area (Å²) in [5.74, 6) is 0.508. The molecule has 1 aromatic rings. The molecule has 9 heteroatoms. The standard InChI is InChI=1S/C9H18N6O2S/c1-4-11-7-12-8(15(5-2)6-3)14-9(13-7)18(10,16)17/h4-6H2,1-3H3,(H2,10,16,17)(H,11,12,13,14). The van der Waals surface area contributed by atoms with Crippen molar-refractivity contribution in [2.75, 3.05) is 29.9 Å². The highest BCUT2D eigenvalue weighted by Gasteiger charge is 2.17. The fourth-order valence-electron chi connectivity index (χ4n) is 1.36. The number of hydrogen-bond donors (Lipinski definition) is 2. The maximum absolute atomic E-state index is 11.3. The van der Waals surface area contributed by atoms with Gasteiger partial charge in [0.2, 0.25) is 11.9 Å². The van der Waals surface area contributed by atoms with E-state index >= 15 is 0 Å². The Morgan fingerprint density at radius 3 is 2.22 bits per heavy atom. The van der Waals surface area contributed by atoms with Crippen LogP contribution in [0.2, 0.25) is 0 Å². The third-order valence-corrected chi connectivity index (χ3v) is 2.93. The lowest BCUT2D eigenvalue weighted by molar-refractivity contribution is 0.587.